The summed E-state index contributed by atoms with van der Waals surface area (Å²) in [5, 5.41) is 0.598. The summed E-state index contributed by atoms with van der Waals surface area (Å²) in [4.78, 5) is 7.33. The molecular formula is C13H13Cl2N3O2S. The Hall–Kier alpha value is -1.21. The van der Waals surface area contributed by atoms with Crippen molar-refractivity contribution in [3.05, 3.63) is 52.5 Å². The summed E-state index contributed by atoms with van der Waals surface area (Å²) >= 11 is 11.4. The van der Waals surface area contributed by atoms with Gasteiger partial charge in [0.2, 0.25) is 15.3 Å². The molecule has 21 heavy (non-hydrogen) atoms. The van der Waals surface area contributed by atoms with Gasteiger partial charge in [0, 0.05) is 11.1 Å². The maximum atomic E-state index is 12.3. The van der Waals surface area contributed by atoms with E-state index in [1.54, 1.807) is 24.3 Å². The van der Waals surface area contributed by atoms with Crippen molar-refractivity contribution in [1.29, 1.82) is 0 Å². The summed E-state index contributed by atoms with van der Waals surface area (Å²) in [6, 6.07) is 6.66. The van der Waals surface area contributed by atoms with Crippen LogP contribution in [0.1, 0.15) is 24.9 Å². The minimum Gasteiger partial charge on any atom is -0.225 e. The zero-order valence-electron chi connectivity index (χ0n) is 11.1. The Morgan fingerprint density at radius 3 is 2.24 bits per heavy atom. The second-order valence-electron chi connectivity index (χ2n) is 4.32. The van der Waals surface area contributed by atoms with Gasteiger partial charge < -0.3 is 0 Å². The first-order chi connectivity index (χ1) is 9.92. The monoisotopic (exact) mass is 345 g/mol. The van der Waals surface area contributed by atoms with Crippen molar-refractivity contribution in [2.45, 2.75) is 24.3 Å². The second-order valence-corrected chi connectivity index (χ2v) is 6.81. The van der Waals surface area contributed by atoms with Gasteiger partial charge in [0.15, 0.2) is 0 Å². The SMILES string of the molecule is CCC(NS(=O)(=O)c1cnc(Cl)nc1)c1ccc(Cl)cc1. The third kappa shape index (κ3) is 4.14. The molecule has 0 bridgehead atoms. The lowest BCUT2D eigenvalue weighted by Gasteiger charge is -2.17. The molecule has 1 heterocycles. The predicted octanol–water partition coefficient (Wildman–Crippen LogP) is 3.21. The molecule has 8 heteroatoms. The third-order valence-electron chi connectivity index (χ3n) is 2.88. The minimum atomic E-state index is -3.71. The molecule has 2 rings (SSSR count). The smallest absolute Gasteiger partial charge is 0.225 e. The Morgan fingerprint density at radius 2 is 1.71 bits per heavy atom. The molecule has 5 nitrogen and oxygen atoms in total. The number of benzene rings is 1. The lowest BCUT2D eigenvalue weighted by Crippen LogP contribution is -2.28. The van der Waals surface area contributed by atoms with Crippen molar-refractivity contribution < 1.29 is 8.42 Å². The van der Waals surface area contributed by atoms with E-state index in [0.29, 0.717) is 11.4 Å². The minimum absolute atomic E-state index is 0.00121. The van der Waals surface area contributed by atoms with Crippen molar-refractivity contribution in [1.82, 2.24) is 14.7 Å². The van der Waals surface area contributed by atoms with Gasteiger partial charge in [-0.3, -0.25) is 0 Å². The van der Waals surface area contributed by atoms with Crippen LogP contribution in [0.2, 0.25) is 10.3 Å². The number of hydrogen-bond acceptors (Lipinski definition) is 4. The molecule has 0 fully saturated rings. The average molecular weight is 346 g/mol. The molecule has 2 aromatic rings. The van der Waals surface area contributed by atoms with Crippen LogP contribution >= 0.6 is 23.2 Å². The number of rotatable bonds is 5. The highest BCUT2D eigenvalue weighted by Gasteiger charge is 2.21. The van der Waals surface area contributed by atoms with Crippen LogP contribution in [-0.2, 0) is 10.0 Å². The Morgan fingerprint density at radius 1 is 1.14 bits per heavy atom. The molecule has 1 aromatic heterocycles. The quantitative estimate of drug-likeness (QED) is 0.844. The molecule has 112 valence electrons. The van der Waals surface area contributed by atoms with Crippen molar-refractivity contribution in [2.75, 3.05) is 0 Å². The average Bonchev–Trinajstić information content (AvgIpc) is 2.46. The van der Waals surface area contributed by atoms with Gasteiger partial charge in [0.1, 0.15) is 4.90 Å². The van der Waals surface area contributed by atoms with Crippen LogP contribution in [0, 0.1) is 0 Å². The molecule has 1 atom stereocenters. The second kappa shape index (κ2) is 6.70. The summed E-state index contributed by atoms with van der Waals surface area (Å²) in [5.74, 6) is 0. The standard InChI is InChI=1S/C13H13Cl2N3O2S/c1-2-12(9-3-5-10(14)6-4-9)18-21(19,20)11-7-16-13(15)17-8-11/h3-8,12,18H,2H2,1H3. The van der Waals surface area contributed by atoms with Crippen molar-refractivity contribution in [2.24, 2.45) is 0 Å². The number of nitrogens with one attached hydrogen (secondary N) is 1. The number of sulfonamides is 1. The number of nitrogens with zero attached hydrogens (tertiary/aromatic N) is 2. The summed E-state index contributed by atoms with van der Waals surface area (Å²) < 4.78 is 27.2. The van der Waals surface area contributed by atoms with Crippen molar-refractivity contribution in [3.8, 4) is 0 Å². The van der Waals surface area contributed by atoms with E-state index in [2.05, 4.69) is 14.7 Å². The van der Waals surface area contributed by atoms with Crippen LogP contribution in [-0.4, -0.2) is 18.4 Å². The fourth-order valence-electron chi connectivity index (χ4n) is 1.78. The molecule has 0 spiro atoms. The first-order valence-corrected chi connectivity index (χ1v) is 8.41. The zero-order chi connectivity index (χ0) is 15.5. The van der Waals surface area contributed by atoms with Crippen molar-refractivity contribution >= 4 is 33.2 Å². The van der Waals surface area contributed by atoms with Crippen LogP contribution in [0.5, 0.6) is 0 Å². The normalized spacial score (nSPS) is 13.1. The van der Waals surface area contributed by atoms with Gasteiger partial charge in [-0.15, -0.1) is 0 Å². The van der Waals surface area contributed by atoms with E-state index >= 15 is 0 Å². The number of halogens is 2. The van der Waals surface area contributed by atoms with Crippen LogP contribution in [0.15, 0.2) is 41.6 Å². The molecule has 0 radical (unpaired) electrons. The molecular weight excluding hydrogens is 333 g/mol. The van der Waals surface area contributed by atoms with Crippen LogP contribution in [0.25, 0.3) is 0 Å². The van der Waals surface area contributed by atoms with E-state index in [1.807, 2.05) is 6.92 Å². The Bertz CT molecular complexity index is 703. The van der Waals surface area contributed by atoms with Crippen molar-refractivity contribution in [3.63, 3.8) is 0 Å². The van der Waals surface area contributed by atoms with Gasteiger partial charge in [-0.25, -0.2) is 23.1 Å². The summed E-state index contributed by atoms with van der Waals surface area (Å²) in [6.07, 6.45) is 2.94. The van der Waals surface area contributed by atoms with E-state index in [1.165, 1.54) is 12.4 Å². The fraction of sp³-hybridized carbons (Fsp3) is 0.231. The van der Waals surface area contributed by atoms with Gasteiger partial charge in [-0.05, 0) is 35.7 Å². The molecule has 1 unspecified atom stereocenters. The zero-order valence-corrected chi connectivity index (χ0v) is 13.5. The Kier molecular flexibility index (Phi) is 5.16. The molecule has 0 aliphatic rings. The molecule has 0 saturated heterocycles. The predicted molar refractivity (Wildman–Crippen MR) is 81.8 cm³/mol. The lowest BCUT2D eigenvalue weighted by molar-refractivity contribution is 0.549. The summed E-state index contributed by atoms with van der Waals surface area (Å²) in [6.45, 7) is 1.89. The van der Waals surface area contributed by atoms with Gasteiger partial charge in [-0.1, -0.05) is 30.7 Å². The first kappa shape index (κ1) is 16.2. The van der Waals surface area contributed by atoms with Gasteiger partial charge in [0.05, 0.1) is 12.4 Å². The topological polar surface area (TPSA) is 72.0 Å². The maximum Gasteiger partial charge on any atom is 0.244 e. The van der Waals surface area contributed by atoms with Gasteiger partial charge in [0.25, 0.3) is 0 Å². The number of aromatic nitrogens is 2. The first-order valence-electron chi connectivity index (χ1n) is 6.17. The Labute approximate surface area is 133 Å². The lowest BCUT2D eigenvalue weighted by atomic mass is 10.1. The van der Waals surface area contributed by atoms with E-state index in [0.717, 1.165) is 5.56 Å². The molecule has 0 aliphatic carbocycles. The Balaban J connectivity index is 2.24. The van der Waals surface area contributed by atoms with Gasteiger partial charge >= 0.3 is 0 Å². The van der Waals surface area contributed by atoms with Crippen LogP contribution < -0.4 is 4.72 Å². The molecule has 0 aliphatic heterocycles. The fourth-order valence-corrected chi connectivity index (χ4v) is 3.20. The third-order valence-corrected chi connectivity index (χ3v) is 4.76. The van der Waals surface area contributed by atoms with Gasteiger partial charge in [-0.2, -0.15) is 0 Å². The van der Waals surface area contributed by atoms with Crippen LogP contribution in [0.4, 0.5) is 0 Å². The molecule has 0 amide bonds. The molecule has 0 saturated carbocycles. The molecule has 1 N–H and O–H groups in total. The van der Waals surface area contributed by atoms with Crippen LogP contribution in [0.3, 0.4) is 0 Å². The highest BCUT2D eigenvalue weighted by atomic mass is 35.5. The largest absolute Gasteiger partial charge is 0.244 e. The molecule has 1 aromatic carbocycles. The number of hydrogen-bond donors (Lipinski definition) is 1. The van der Waals surface area contributed by atoms with E-state index in [9.17, 15) is 8.42 Å². The maximum absolute atomic E-state index is 12.3. The van der Waals surface area contributed by atoms with E-state index in [4.69, 9.17) is 23.2 Å². The van der Waals surface area contributed by atoms with E-state index in [-0.39, 0.29) is 16.2 Å². The highest BCUT2D eigenvalue weighted by Crippen LogP contribution is 2.21. The highest BCUT2D eigenvalue weighted by molar-refractivity contribution is 7.89. The summed E-state index contributed by atoms with van der Waals surface area (Å²) in [7, 11) is -3.71. The van der Waals surface area contributed by atoms with E-state index < -0.39 is 10.0 Å². The summed E-state index contributed by atoms with van der Waals surface area (Å²) in [5.41, 5.74) is 0.834.